The number of hydrogen-bond acceptors (Lipinski definition) is 6. The van der Waals surface area contributed by atoms with E-state index < -0.39 is 29.5 Å². The van der Waals surface area contributed by atoms with Gasteiger partial charge in [0.25, 0.3) is 5.69 Å². The van der Waals surface area contributed by atoms with E-state index in [-0.39, 0.29) is 11.4 Å². The number of aryl methyl sites for hydroxylation is 1. The molecule has 18 heavy (non-hydrogen) atoms. The molecule has 1 heterocycles. The van der Waals surface area contributed by atoms with Crippen LogP contribution in [0.25, 0.3) is 0 Å². The van der Waals surface area contributed by atoms with E-state index in [1.165, 1.54) is 13.0 Å². The van der Waals surface area contributed by atoms with Crippen LogP contribution in [0.5, 0.6) is 0 Å². The monoisotopic (exact) mass is 256 g/mol. The van der Waals surface area contributed by atoms with Gasteiger partial charge in [0, 0.05) is 6.07 Å². The second-order valence-corrected chi connectivity index (χ2v) is 3.76. The van der Waals surface area contributed by atoms with Crippen LogP contribution in [0.1, 0.15) is 23.8 Å². The van der Waals surface area contributed by atoms with Gasteiger partial charge in [-0.25, -0.2) is 0 Å². The minimum Gasteiger partial charge on any atom is -0.481 e. The Bertz CT molecular complexity index is 475. The summed E-state index contributed by atoms with van der Waals surface area (Å²) in [5.41, 5.74) is 0.0895. The van der Waals surface area contributed by atoms with Crippen LogP contribution >= 0.6 is 0 Å². The fourth-order valence-electron chi connectivity index (χ4n) is 1.45. The standard InChI is InChI=1S/C10H12N2O6/c1-5-2-6(12(17)18)4-11-9(5)10(16)7(13)3-8(14)15/h2,4,7,10,13,16H,3H2,1H3,(H,14,15). The predicted molar refractivity (Wildman–Crippen MR) is 58.8 cm³/mol. The molecule has 0 bridgehead atoms. The Hall–Kier alpha value is -2.06. The molecule has 0 saturated carbocycles. The number of aromatic nitrogens is 1. The summed E-state index contributed by atoms with van der Waals surface area (Å²) in [4.78, 5) is 23.9. The number of aliphatic hydroxyl groups excluding tert-OH is 2. The highest BCUT2D eigenvalue weighted by Gasteiger charge is 2.24. The van der Waals surface area contributed by atoms with Crippen molar-refractivity contribution in [1.82, 2.24) is 4.98 Å². The molecule has 0 aliphatic rings. The van der Waals surface area contributed by atoms with E-state index in [2.05, 4.69) is 4.98 Å². The lowest BCUT2D eigenvalue weighted by Crippen LogP contribution is -2.23. The maximum Gasteiger partial charge on any atom is 0.306 e. The molecule has 98 valence electrons. The van der Waals surface area contributed by atoms with E-state index in [1.54, 1.807) is 0 Å². The first-order valence-corrected chi connectivity index (χ1v) is 5.01. The third kappa shape index (κ3) is 3.22. The first-order valence-electron chi connectivity index (χ1n) is 5.01. The Labute approximate surface area is 102 Å². The zero-order valence-electron chi connectivity index (χ0n) is 9.48. The number of hydrogen-bond donors (Lipinski definition) is 3. The van der Waals surface area contributed by atoms with Gasteiger partial charge in [0.1, 0.15) is 12.3 Å². The van der Waals surface area contributed by atoms with E-state index in [1.807, 2.05) is 0 Å². The van der Waals surface area contributed by atoms with Gasteiger partial charge < -0.3 is 15.3 Å². The molecular formula is C10H12N2O6. The number of nitro groups is 1. The number of aliphatic carboxylic acids is 1. The maximum absolute atomic E-state index is 10.5. The number of rotatable bonds is 5. The van der Waals surface area contributed by atoms with Gasteiger partial charge in [-0.15, -0.1) is 0 Å². The van der Waals surface area contributed by atoms with Crippen molar-refractivity contribution in [3.63, 3.8) is 0 Å². The SMILES string of the molecule is Cc1cc([N+](=O)[O-])cnc1C(O)C(O)CC(=O)O. The zero-order valence-corrected chi connectivity index (χ0v) is 9.48. The van der Waals surface area contributed by atoms with E-state index in [4.69, 9.17) is 5.11 Å². The molecule has 8 heteroatoms. The number of carbonyl (C=O) groups is 1. The summed E-state index contributed by atoms with van der Waals surface area (Å²) < 4.78 is 0. The topological polar surface area (TPSA) is 134 Å². The van der Waals surface area contributed by atoms with Crippen LogP contribution in [0.15, 0.2) is 12.3 Å². The van der Waals surface area contributed by atoms with Crippen LogP contribution in [0.3, 0.4) is 0 Å². The van der Waals surface area contributed by atoms with Crippen LogP contribution in [0.2, 0.25) is 0 Å². The third-order valence-electron chi connectivity index (χ3n) is 2.34. The molecule has 1 aromatic rings. The van der Waals surface area contributed by atoms with E-state index in [9.17, 15) is 25.1 Å². The van der Waals surface area contributed by atoms with Crippen molar-refractivity contribution in [3.05, 3.63) is 33.6 Å². The third-order valence-corrected chi connectivity index (χ3v) is 2.34. The molecule has 2 atom stereocenters. The molecule has 8 nitrogen and oxygen atoms in total. The van der Waals surface area contributed by atoms with Crippen LogP contribution in [0, 0.1) is 17.0 Å². The number of nitrogens with zero attached hydrogens (tertiary/aromatic N) is 2. The number of carboxylic acid groups (broad SMARTS) is 1. The molecule has 0 aliphatic heterocycles. The van der Waals surface area contributed by atoms with Crippen molar-refractivity contribution in [2.24, 2.45) is 0 Å². The summed E-state index contributed by atoms with van der Waals surface area (Å²) in [6.45, 7) is 1.48. The Morgan fingerprint density at radius 2 is 2.17 bits per heavy atom. The van der Waals surface area contributed by atoms with Crippen molar-refractivity contribution >= 4 is 11.7 Å². The quantitative estimate of drug-likeness (QED) is 0.504. The highest BCUT2D eigenvalue weighted by Crippen LogP contribution is 2.23. The molecule has 0 fully saturated rings. The maximum atomic E-state index is 10.5. The van der Waals surface area contributed by atoms with Crippen LogP contribution in [-0.4, -0.2) is 37.3 Å². The molecule has 3 N–H and O–H groups in total. The number of pyridine rings is 1. The Morgan fingerprint density at radius 1 is 1.56 bits per heavy atom. The van der Waals surface area contributed by atoms with Gasteiger partial charge >= 0.3 is 5.97 Å². The van der Waals surface area contributed by atoms with Gasteiger partial charge in [0.15, 0.2) is 0 Å². The average Bonchev–Trinajstić information content (AvgIpc) is 2.26. The van der Waals surface area contributed by atoms with Gasteiger partial charge in [0.05, 0.1) is 23.1 Å². The molecule has 0 spiro atoms. The average molecular weight is 256 g/mol. The van der Waals surface area contributed by atoms with Gasteiger partial charge in [0.2, 0.25) is 0 Å². The highest BCUT2D eigenvalue weighted by molar-refractivity contribution is 5.67. The molecule has 0 aliphatic carbocycles. The second-order valence-electron chi connectivity index (χ2n) is 3.76. The van der Waals surface area contributed by atoms with Gasteiger partial charge in [-0.1, -0.05) is 0 Å². The van der Waals surface area contributed by atoms with E-state index in [0.29, 0.717) is 5.56 Å². The largest absolute Gasteiger partial charge is 0.481 e. The lowest BCUT2D eigenvalue weighted by molar-refractivity contribution is -0.385. The van der Waals surface area contributed by atoms with Crippen LogP contribution < -0.4 is 0 Å². The lowest BCUT2D eigenvalue weighted by Gasteiger charge is -2.17. The van der Waals surface area contributed by atoms with Crippen molar-refractivity contribution < 1.29 is 25.0 Å². The van der Waals surface area contributed by atoms with E-state index >= 15 is 0 Å². The highest BCUT2D eigenvalue weighted by atomic mass is 16.6. The van der Waals surface area contributed by atoms with Crippen molar-refractivity contribution in [2.45, 2.75) is 25.6 Å². The molecule has 2 unspecified atom stereocenters. The number of aliphatic hydroxyl groups is 2. The minimum atomic E-state index is -1.52. The molecular weight excluding hydrogens is 244 g/mol. The van der Waals surface area contributed by atoms with Crippen LogP contribution in [-0.2, 0) is 4.79 Å². The zero-order chi connectivity index (χ0) is 13.9. The molecule has 1 aromatic heterocycles. The minimum absolute atomic E-state index is 0.0225. The Kier molecular flexibility index (Phi) is 4.29. The smallest absolute Gasteiger partial charge is 0.306 e. The fourth-order valence-corrected chi connectivity index (χ4v) is 1.45. The second kappa shape index (κ2) is 5.52. The molecule has 0 amide bonds. The first kappa shape index (κ1) is 14.0. The van der Waals surface area contributed by atoms with Gasteiger partial charge in [-0.3, -0.25) is 19.9 Å². The van der Waals surface area contributed by atoms with Crippen molar-refractivity contribution in [3.8, 4) is 0 Å². The molecule has 1 rings (SSSR count). The summed E-state index contributed by atoms with van der Waals surface area (Å²) in [6, 6.07) is 1.19. The first-order chi connectivity index (χ1) is 8.32. The summed E-state index contributed by atoms with van der Waals surface area (Å²) in [5.74, 6) is -1.26. The van der Waals surface area contributed by atoms with Crippen LogP contribution in [0.4, 0.5) is 5.69 Å². The molecule has 0 radical (unpaired) electrons. The summed E-state index contributed by atoms with van der Waals surface area (Å²) in [7, 11) is 0. The summed E-state index contributed by atoms with van der Waals surface area (Å²) >= 11 is 0. The normalized spacial score (nSPS) is 13.9. The summed E-state index contributed by atoms with van der Waals surface area (Å²) in [6.07, 6.45) is -2.71. The number of carboxylic acids is 1. The van der Waals surface area contributed by atoms with Gasteiger partial charge in [-0.2, -0.15) is 0 Å². The van der Waals surface area contributed by atoms with Gasteiger partial charge in [-0.05, 0) is 12.5 Å². The molecule has 0 aromatic carbocycles. The van der Waals surface area contributed by atoms with E-state index in [0.717, 1.165) is 6.20 Å². The Balaban J connectivity index is 2.96. The van der Waals surface area contributed by atoms with Crippen molar-refractivity contribution in [1.29, 1.82) is 0 Å². The Morgan fingerprint density at radius 3 is 2.61 bits per heavy atom. The lowest BCUT2D eigenvalue weighted by atomic mass is 10.0. The summed E-state index contributed by atoms with van der Waals surface area (Å²) in [5, 5.41) is 38.1. The molecule has 0 saturated heterocycles. The van der Waals surface area contributed by atoms with Crippen molar-refractivity contribution in [2.75, 3.05) is 0 Å². The fraction of sp³-hybridized carbons (Fsp3) is 0.400. The predicted octanol–water partition coefficient (Wildman–Crippen LogP) is 0.167.